The van der Waals surface area contributed by atoms with Crippen LogP contribution in [0.4, 0.5) is 0 Å². The van der Waals surface area contributed by atoms with E-state index in [1.165, 1.54) is 0 Å². The van der Waals surface area contributed by atoms with Crippen LogP contribution in [0.25, 0.3) is 11.5 Å². The van der Waals surface area contributed by atoms with E-state index >= 15 is 0 Å². The lowest BCUT2D eigenvalue weighted by molar-refractivity contribution is -0.141. The van der Waals surface area contributed by atoms with E-state index in [-0.39, 0.29) is 17.6 Å². The Labute approximate surface area is 137 Å². The number of aromatic amines is 1. The Morgan fingerprint density at radius 3 is 3.04 bits per heavy atom. The highest BCUT2D eigenvalue weighted by Gasteiger charge is 2.31. The van der Waals surface area contributed by atoms with Gasteiger partial charge in [0.15, 0.2) is 5.82 Å². The Balaban J connectivity index is 1.63. The number of nitrogens with zero attached hydrogens (tertiary/aromatic N) is 4. The molecule has 4 heterocycles. The standard InChI is InChI=1S/C16H17N5O3/c22-15-10-3-6-21(16(23)13-2-1-7-24-13)9-12(10)19-14(20-15)11-8-17-4-5-18-11/h4-5,8,13H,1-3,6-7,9H2,(H,19,20,22)/t13-/m1/s1. The third-order valence-corrected chi connectivity index (χ3v) is 4.40. The molecule has 0 aliphatic carbocycles. The first-order valence-electron chi connectivity index (χ1n) is 8.01. The Morgan fingerprint density at radius 1 is 1.38 bits per heavy atom. The number of hydrogen-bond acceptors (Lipinski definition) is 6. The minimum atomic E-state index is -0.354. The van der Waals surface area contributed by atoms with Gasteiger partial charge in [-0.25, -0.2) is 9.97 Å². The lowest BCUT2D eigenvalue weighted by Crippen LogP contribution is -2.43. The predicted octanol–water partition coefficient (Wildman–Crippen LogP) is 0.291. The molecule has 1 saturated heterocycles. The van der Waals surface area contributed by atoms with Crippen LogP contribution in [0.1, 0.15) is 24.1 Å². The molecule has 2 aliphatic rings. The molecule has 8 heteroatoms. The van der Waals surface area contributed by atoms with Crippen molar-refractivity contribution in [1.82, 2.24) is 24.8 Å². The predicted molar refractivity (Wildman–Crippen MR) is 84.0 cm³/mol. The Bertz CT molecular complexity index is 814. The van der Waals surface area contributed by atoms with Crippen molar-refractivity contribution in [3.63, 3.8) is 0 Å². The van der Waals surface area contributed by atoms with Gasteiger partial charge in [-0.3, -0.25) is 14.6 Å². The molecule has 24 heavy (non-hydrogen) atoms. The molecular formula is C16H17N5O3. The van der Waals surface area contributed by atoms with Gasteiger partial charge in [0.05, 0.1) is 18.4 Å². The molecule has 124 valence electrons. The average Bonchev–Trinajstić information content (AvgIpc) is 3.16. The molecule has 1 fully saturated rings. The van der Waals surface area contributed by atoms with Gasteiger partial charge in [0.2, 0.25) is 0 Å². The third-order valence-electron chi connectivity index (χ3n) is 4.40. The second-order valence-corrected chi connectivity index (χ2v) is 5.94. The molecular weight excluding hydrogens is 310 g/mol. The van der Waals surface area contributed by atoms with Crippen LogP contribution in [0.5, 0.6) is 0 Å². The second-order valence-electron chi connectivity index (χ2n) is 5.94. The summed E-state index contributed by atoms with van der Waals surface area (Å²) in [5, 5.41) is 0. The first-order valence-corrected chi connectivity index (χ1v) is 8.01. The Kier molecular flexibility index (Phi) is 3.81. The van der Waals surface area contributed by atoms with Crippen molar-refractivity contribution in [2.45, 2.75) is 31.9 Å². The maximum absolute atomic E-state index is 12.5. The fourth-order valence-corrected chi connectivity index (χ4v) is 3.15. The maximum atomic E-state index is 12.5. The molecule has 1 atom stereocenters. The van der Waals surface area contributed by atoms with Gasteiger partial charge >= 0.3 is 0 Å². The largest absolute Gasteiger partial charge is 0.368 e. The van der Waals surface area contributed by atoms with E-state index in [4.69, 9.17) is 4.74 Å². The molecule has 0 spiro atoms. The molecule has 0 bridgehead atoms. The summed E-state index contributed by atoms with van der Waals surface area (Å²) in [5.74, 6) is 0.361. The smallest absolute Gasteiger partial charge is 0.254 e. The third kappa shape index (κ3) is 2.69. The van der Waals surface area contributed by atoms with Crippen LogP contribution in [0.15, 0.2) is 23.4 Å². The van der Waals surface area contributed by atoms with Crippen molar-refractivity contribution < 1.29 is 9.53 Å². The quantitative estimate of drug-likeness (QED) is 0.851. The molecule has 1 N–H and O–H groups in total. The summed E-state index contributed by atoms with van der Waals surface area (Å²) in [6.45, 7) is 1.47. The number of hydrogen-bond donors (Lipinski definition) is 1. The number of carbonyl (C=O) groups excluding carboxylic acids is 1. The van der Waals surface area contributed by atoms with Crippen molar-refractivity contribution >= 4 is 5.91 Å². The van der Waals surface area contributed by atoms with Gasteiger partial charge in [0.25, 0.3) is 11.5 Å². The van der Waals surface area contributed by atoms with Crippen molar-refractivity contribution in [3.05, 3.63) is 40.2 Å². The lowest BCUT2D eigenvalue weighted by atomic mass is 10.1. The van der Waals surface area contributed by atoms with E-state index in [1.54, 1.807) is 23.5 Å². The molecule has 2 aromatic rings. The van der Waals surface area contributed by atoms with Gasteiger partial charge in [-0.05, 0) is 19.3 Å². The Morgan fingerprint density at radius 2 is 2.29 bits per heavy atom. The number of aromatic nitrogens is 4. The maximum Gasteiger partial charge on any atom is 0.254 e. The normalized spacial score (nSPS) is 20.0. The van der Waals surface area contributed by atoms with Crippen molar-refractivity contribution in [2.75, 3.05) is 13.2 Å². The average molecular weight is 327 g/mol. The summed E-state index contributed by atoms with van der Waals surface area (Å²) >= 11 is 0. The number of amides is 1. The fourth-order valence-electron chi connectivity index (χ4n) is 3.15. The summed E-state index contributed by atoms with van der Waals surface area (Å²) in [4.78, 5) is 42.0. The van der Waals surface area contributed by atoms with Gasteiger partial charge < -0.3 is 14.6 Å². The molecule has 1 amide bonds. The van der Waals surface area contributed by atoms with E-state index < -0.39 is 0 Å². The van der Waals surface area contributed by atoms with E-state index in [1.807, 2.05) is 0 Å². The first kappa shape index (κ1) is 14.9. The van der Waals surface area contributed by atoms with Crippen LogP contribution in [0, 0.1) is 0 Å². The van der Waals surface area contributed by atoms with Crippen LogP contribution < -0.4 is 5.56 Å². The van der Waals surface area contributed by atoms with Crippen molar-refractivity contribution in [3.8, 4) is 11.5 Å². The summed E-state index contributed by atoms with van der Waals surface area (Å²) in [6, 6.07) is 0. The van der Waals surface area contributed by atoms with Crippen molar-refractivity contribution in [2.24, 2.45) is 0 Å². The topological polar surface area (TPSA) is 101 Å². The highest BCUT2D eigenvalue weighted by molar-refractivity contribution is 5.81. The monoisotopic (exact) mass is 327 g/mol. The number of rotatable bonds is 2. The fraction of sp³-hybridized carbons (Fsp3) is 0.438. The van der Waals surface area contributed by atoms with Crippen LogP contribution in [-0.2, 0) is 22.5 Å². The van der Waals surface area contributed by atoms with Gasteiger partial charge in [-0.15, -0.1) is 0 Å². The van der Waals surface area contributed by atoms with E-state index in [2.05, 4.69) is 19.9 Å². The zero-order valence-corrected chi connectivity index (χ0v) is 13.1. The molecule has 8 nitrogen and oxygen atoms in total. The molecule has 4 rings (SSSR count). The minimum absolute atomic E-state index is 0.0127. The molecule has 0 aromatic carbocycles. The zero-order chi connectivity index (χ0) is 16.5. The summed E-state index contributed by atoms with van der Waals surface area (Å²) < 4.78 is 5.47. The summed E-state index contributed by atoms with van der Waals surface area (Å²) in [6.07, 6.45) is 6.46. The van der Waals surface area contributed by atoms with E-state index in [0.29, 0.717) is 48.9 Å². The second kappa shape index (κ2) is 6.12. The highest BCUT2D eigenvalue weighted by atomic mass is 16.5. The van der Waals surface area contributed by atoms with Gasteiger partial charge in [-0.1, -0.05) is 0 Å². The molecule has 2 aliphatic heterocycles. The number of fused-ring (bicyclic) bond motifs is 1. The van der Waals surface area contributed by atoms with Gasteiger partial charge in [-0.2, -0.15) is 0 Å². The zero-order valence-electron chi connectivity index (χ0n) is 13.1. The summed E-state index contributed by atoms with van der Waals surface area (Å²) in [5.41, 5.74) is 1.58. The van der Waals surface area contributed by atoms with E-state index in [0.717, 1.165) is 12.8 Å². The number of nitrogens with one attached hydrogen (secondary N) is 1. The van der Waals surface area contributed by atoms with Crippen LogP contribution in [-0.4, -0.2) is 50.0 Å². The lowest BCUT2D eigenvalue weighted by Gasteiger charge is -2.29. The van der Waals surface area contributed by atoms with Crippen LogP contribution >= 0.6 is 0 Å². The van der Waals surface area contributed by atoms with E-state index in [9.17, 15) is 9.59 Å². The molecule has 2 aromatic heterocycles. The number of carbonyl (C=O) groups is 1. The van der Waals surface area contributed by atoms with Crippen LogP contribution in [0.2, 0.25) is 0 Å². The number of H-pyrrole nitrogens is 1. The summed E-state index contributed by atoms with van der Waals surface area (Å²) in [7, 11) is 0. The van der Waals surface area contributed by atoms with Gasteiger partial charge in [0, 0.05) is 31.1 Å². The van der Waals surface area contributed by atoms with Crippen LogP contribution in [0.3, 0.4) is 0 Å². The minimum Gasteiger partial charge on any atom is -0.368 e. The molecule has 0 unspecified atom stereocenters. The highest BCUT2D eigenvalue weighted by Crippen LogP contribution is 2.21. The van der Waals surface area contributed by atoms with Gasteiger partial charge in [0.1, 0.15) is 11.8 Å². The van der Waals surface area contributed by atoms with Crippen molar-refractivity contribution in [1.29, 1.82) is 0 Å². The molecule has 0 saturated carbocycles. The SMILES string of the molecule is O=C([C@H]1CCCO1)N1CCc2c(nc(-c3cnccn3)[nH]c2=O)C1. The number of ether oxygens (including phenoxy) is 1. The first-order chi connectivity index (χ1) is 11.7. The molecule has 0 radical (unpaired) electrons. The Hall–Kier alpha value is -2.61.